The zero-order valence-electron chi connectivity index (χ0n) is 10.4. The number of aliphatic carboxylic acids is 1. The predicted octanol–water partition coefficient (Wildman–Crippen LogP) is 1.80. The maximum Gasteiger partial charge on any atom is 0.313 e. The van der Waals surface area contributed by atoms with Gasteiger partial charge in [-0.3, -0.25) is 9.59 Å². The lowest BCUT2D eigenvalue weighted by Crippen LogP contribution is -2.16. The first-order valence-electron chi connectivity index (χ1n) is 6.11. The van der Waals surface area contributed by atoms with Gasteiger partial charge >= 0.3 is 5.97 Å². The van der Waals surface area contributed by atoms with Crippen LogP contribution >= 0.6 is 11.8 Å². The molecule has 3 N–H and O–H groups in total. The first-order chi connectivity index (χ1) is 9.15. The molecule has 0 fully saturated rings. The molecule has 0 bridgehead atoms. The van der Waals surface area contributed by atoms with E-state index < -0.39 is 5.97 Å². The molecule has 0 unspecified atom stereocenters. The van der Waals surface area contributed by atoms with Crippen molar-refractivity contribution in [3.63, 3.8) is 0 Å². The maximum atomic E-state index is 11.6. The average molecular weight is 280 g/mol. The number of aryl methyl sites for hydroxylation is 1. The van der Waals surface area contributed by atoms with Crippen molar-refractivity contribution in [3.8, 4) is 0 Å². The van der Waals surface area contributed by atoms with Crippen molar-refractivity contribution in [1.82, 2.24) is 0 Å². The van der Waals surface area contributed by atoms with Crippen LogP contribution in [0.4, 0.5) is 11.4 Å². The molecule has 1 aliphatic rings. The Bertz CT molecular complexity index is 491. The van der Waals surface area contributed by atoms with E-state index in [0.717, 1.165) is 42.5 Å². The van der Waals surface area contributed by atoms with E-state index in [2.05, 4.69) is 10.6 Å². The van der Waals surface area contributed by atoms with Crippen LogP contribution in [0.1, 0.15) is 12.0 Å². The minimum absolute atomic E-state index is 0.0540. The van der Waals surface area contributed by atoms with Crippen LogP contribution in [-0.2, 0) is 16.0 Å². The van der Waals surface area contributed by atoms with Crippen molar-refractivity contribution in [2.75, 3.05) is 28.7 Å². The summed E-state index contributed by atoms with van der Waals surface area (Å²) in [5, 5.41) is 14.6. The summed E-state index contributed by atoms with van der Waals surface area (Å²) in [4.78, 5) is 22.0. The topological polar surface area (TPSA) is 78.4 Å². The Balaban J connectivity index is 1.88. The van der Waals surface area contributed by atoms with Crippen LogP contribution in [0, 0.1) is 0 Å². The maximum absolute atomic E-state index is 11.6. The molecule has 102 valence electrons. The Kier molecular flexibility index (Phi) is 4.68. The second-order valence-electron chi connectivity index (χ2n) is 4.34. The molecule has 6 heteroatoms. The molecule has 0 spiro atoms. The van der Waals surface area contributed by atoms with E-state index in [-0.39, 0.29) is 17.4 Å². The monoisotopic (exact) mass is 280 g/mol. The average Bonchev–Trinajstić information content (AvgIpc) is 2.38. The minimum Gasteiger partial charge on any atom is -0.481 e. The first kappa shape index (κ1) is 13.7. The van der Waals surface area contributed by atoms with Gasteiger partial charge in [0.15, 0.2) is 0 Å². The number of anilines is 2. The zero-order valence-corrected chi connectivity index (χ0v) is 11.3. The lowest BCUT2D eigenvalue weighted by molar-refractivity contribution is -0.133. The van der Waals surface area contributed by atoms with E-state index in [0.29, 0.717) is 0 Å². The van der Waals surface area contributed by atoms with Crippen LogP contribution in [0.3, 0.4) is 0 Å². The van der Waals surface area contributed by atoms with Gasteiger partial charge in [-0.25, -0.2) is 0 Å². The van der Waals surface area contributed by atoms with Crippen molar-refractivity contribution < 1.29 is 14.7 Å². The molecule has 0 aliphatic carbocycles. The molecule has 0 radical (unpaired) electrons. The number of thioether (sulfide) groups is 1. The van der Waals surface area contributed by atoms with Gasteiger partial charge in [-0.1, -0.05) is 0 Å². The van der Waals surface area contributed by atoms with Crippen molar-refractivity contribution in [1.29, 1.82) is 0 Å². The van der Waals surface area contributed by atoms with Crippen molar-refractivity contribution in [3.05, 3.63) is 23.8 Å². The third-order valence-corrected chi connectivity index (χ3v) is 3.70. The fourth-order valence-corrected chi connectivity index (χ4v) is 2.52. The van der Waals surface area contributed by atoms with Gasteiger partial charge in [0.2, 0.25) is 5.91 Å². The zero-order chi connectivity index (χ0) is 13.7. The van der Waals surface area contributed by atoms with Gasteiger partial charge in [-0.05, 0) is 36.6 Å². The SMILES string of the molecule is O=C(O)CSCC(=O)Nc1ccc2c(c1)CCCN2. The molecular formula is C13H16N2O3S. The van der Waals surface area contributed by atoms with Gasteiger partial charge in [0.1, 0.15) is 0 Å². The number of nitrogens with one attached hydrogen (secondary N) is 2. The van der Waals surface area contributed by atoms with Gasteiger partial charge in [0.05, 0.1) is 11.5 Å². The number of hydrogen-bond donors (Lipinski definition) is 3. The van der Waals surface area contributed by atoms with Crippen LogP contribution < -0.4 is 10.6 Å². The molecule has 5 nitrogen and oxygen atoms in total. The molecule has 1 aliphatic heterocycles. The summed E-state index contributed by atoms with van der Waals surface area (Å²) in [5.74, 6) is -0.976. The highest BCUT2D eigenvalue weighted by Crippen LogP contribution is 2.25. The van der Waals surface area contributed by atoms with Crippen molar-refractivity contribution >= 4 is 35.0 Å². The Morgan fingerprint density at radius 1 is 1.37 bits per heavy atom. The number of fused-ring (bicyclic) bond motifs is 1. The first-order valence-corrected chi connectivity index (χ1v) is 7.27. The highest BCUT2D eigenvalue weighted by Gasteiger charge is 2.10. The molecule has 1 amide bonds. The largest absolute Gasteiger partial charge is 0.481 e. The van der Waals surface area contributed by atoms with E-state index in [1.54, 1.807) is 0 Å². The van der Waals surface area contributed by atoms with E-state index in [9.17, 15) is 9.59 Å². The van der Waals surface area contributed by atoms with Gasteiger partial charge in [0.25, 0.3) is 0 Å². The number of benzene rings is 1. The number of hydrogen-bond acceptors (Lipinski definition) is 4. The Morgan fingerprint density at radius 3 is 3.00 bits per heavy atom. The summed E-state index contributed by atoms with van der Waals surface area (Å²) in [6.07, 6.45) is 2.11. The molecule has 1 aromatic rings. The second-order valence-corrected chi connectivity index (χ2v) is 5.32. The summed E-state index contributed by atoms with van der Waals surface area (Å²) in [5.41, 5.74) is 3.11. The Labute approximate surface area is 115 Å². The van der Waals surface area contributed by atoms with Gasteiger partial charge in [-0.2, -0.15) is 0 Å². The van der Waals surface area contributed by atoms with Crippen LogP contribution in [0.2, 0.25) is 0 Å². The lowest BCUT2D eigenvalue weighted by atomic mass is 10.0. The molecular weight excluding hydrogens is 264 g/mol. The highest BCUT2D eigenvalue weighted by molar-refractivity contribution is 8.00. The lowest BCUT2D eigenvalue weighted by Gasteiger charge is -2.18. The standard InChI is InChI=1S/C13H16N2O3S/c16-12(7-19-8-13(17)18)15-10-3-4-11-9(6-10)2-1-5-14-11/h3-4,6,14H,1-2,5,7-8H2,(H,15,16)(H,17,18). The van der Waals surface area contributed by atoms with E-state index >= 15 is 0 Å². The molecule has 0 saturated carbocycles. The molecule has 1 aromatic carbocycles. The summed E-state index contributed by atoms with van der Waals surface area (Å²) in [7, 11) is 0. The minimum atomic E-state index is -0.905. The van der Waals surface area contributed by atoms with Crippen LogP contribution in [0.25, 0.3) is 0 Å². The number of rotatable bonds is 5. The third-order valence-electron chi connectivity index (χ3n) is 2.79. The number of carbonyl (C=O) groups is 2. The molecule has 0 aromatic heterocycles. The molecule has 0 atom stereocenters. The molecule has 0 saturated heterocycles. The summed E-state index contributed by atoms with van der Waals surface area (Å²) >= 11 is 1.09. The second kappa shape index (κ2) is 6.47. The fraction of sp³-hybridized carbons (Fsp3) is 0.385. The van der Waals surface area contributed by atoms with Gasteiger partial charge in [-0.15, -0.1) is 11.8 Å². The van der Waals surface area contributed by atoms with E-state index in [4.69, 9.17) is 5.11 Å². The van der Waals surface area contributed by atoms with Crippen molar-refractivity contribution in [2.45, 2.75) is 12.8 Å². The predicted molar refractivity (Wildman–Crippen MR) is 76.8 cm³/mol. The van der Waals surface area contributed by atoms with Gasteiger partial charge < -0.3 is 15.7 Å². The van der Waals surface area contributed by atoms with Gasteiger partial charge in [0, 0.05) is 17.9 Å². The van der Waals surface area contributed by atoms with Crippen LogP contribution in [0.15, 0.2) is 18.2 Å². The molecule has 2 rings (SSSR count). The molecule has 19 heavy (non-hydrogen) atoms. The van der Waals surface area contributed by atoms with Crippen molar-refractivity contribution in [2.24, 2.45) is 0 Å². The summed E-state index contributed by atoms with van der Waals surface area (Å²) in [6, 6.07) is 5.80. The third kappa shape index (κ3) is 4.17. The Hall–Kier alpha value is -1.69. The quantitative estimate of drug-likeness (QED) is 0.766. The summed E-state index contributed by atoms with van der Waals surface area (Å²) < 4.78 is 0. The number of carboxylic acids is 1. The number of carboxylic acid groups (broad SMARTS) is 1. The summed E-state index contributed by atoms with van der Waals surface area (Å²) in [6.45, 7) is 0.991. The number of amides is 1. The van der Waals surface area contributed by atoms with Crippen LogP contribution in [-0.4, -0.2) is 35.0 Å². The normalized spacial score (nSPS) is 13.3. The highest BCUT2D eigenvalue weighted by atomic mass is 32.2. The Morgan fingerprint density at radius 2 is 2.21 bits per heavy atom. The number of carbonyl (C=O) groups excluding carboxylic acids is 1. The van der Waals surface area contributed by atoms with E-state index in [1.807, 2.05) is 18.2 Å². The smallest absolute Gasteiger partial charge is 0.313 e. The van der Waals surface area contributed by atoms with E-state index in [1.165, 1.54) is 5.56 Å². The molecule has 1 heterocycles. The fourth-order valence-electron chi connectivity index (χ4n) is 1.98. The van der Waals surface area contributed by atoms with Crippen LogP contribution in [0.5, 0.6) is 0 Å².